The van der Waals surface area contributed by atoms with Crippen molar-refractivity contribution in [2.24, 2.45) is 0 Å². The van der Waals surface area contributed by atoms with Crippen molar-refractivity contribution in [3.8, 4) is 28.4 Å². The van der Waals surface area contributed by atoms with Crippen LogP contribution in [0.15, 0.2) is 54.6 Å². The molecule has 0 radical (unpaired) electrons. The van der Waals surface area contributed by atoms with Crippen molar-refractivity contribution in [2.45, 2.75) is 6.92 Å². The molecule has 0 atom stereocenters. The molecule has 0 spiro atoms. The zero-order chi connectivity index (χ0) is 16.4. The first-order valence-electron chi connectivity index (χ1n) is 7.14. The van der Waals surface area contributed by atoms with Gasteiger partial charge in [-0.05, 0) is 24.3 Å². The van der Waals surface area contributed by atoms with Crippen LogP contribution in [0.4, 0.5) is 0 Å². The van der Waals surface area contributed by atoms with Gasteiger partial charge in [-0.25, -0.2) is 4.68 Å². The minimum atomic E-state index is -0.256. The third kappa shape index (κ3) is 2.68. The zero-order valence-electron chi connectivity index (χ0n) is 12.9. The molecule has 3 rings (SSSR count). The Morgan fingerprint density at radius 2 is 1.74 bits per heavy atom. The number of carbonyl (C=O) groups is 1. The van der Waals surface area contributed by atoms with Gasteiger partial charge in [0.25, 0.3) is 0 Å². The van der Waals surface area contributed by atoms with Gasteiger partial charge in [-0.2, -0.15) is 5.10 Å². The van der Waals surface area contributed by atoms with Gasteiger partial charge in [0.15, 0.2) is 17.2 Å². The lowest BCUT2D eigenvalue weighted by Gasteiger charge is -2.06. The maximum atomic E-state index is 12.0. The summed E-state index contributed by atoms with van der Waals surface area (Å²) in [5, 5.41) is 14.9. The second kappa shape index (κ2) is 5.96. The van der Waals surface area contributed by atoms with Gasteiger partial charge in [-0.1, -0.05) is 30.3 Å². The highest BCUT2D eigenvalue weighted by Gasteiger charge is 2.22. The minimum Gasteiger partial charge on any atom is -0.504 e. The number of Topliss-reactive ketones (excluding diaryl/α,β-unsaturated/α-hetero) is 1. The Hall–Kier alpha value is -3.08. The van der Waals surface area contributed by atoms with Gasteiger partial charge < -0.3 is 9.84 Å². The van der Waals surface area contributed by atoms with Gasteiger partial charge in [-0.3, -0.25) is 4.79 Å². The van der Waals surface area contributed by atoms with Crippen molar-refractivity contribution in [1.82, 2.24) is 9.78 Å². The fraction of sp³-hybridized carbons (Fsp3) is 0.111. The number of nitrogens with zero attached hydrogens (tertiary/aromatic N) is 2. The van der Waals surface area contributed by atoms with Gasteiger partial charge in [0.1, 0.15) is 11.4 Å². The van der Waals surface area contributed by atoms with Crippen LogP contribution in [0.3, 0.4) is 0 Å². The molecule has 5 nitrogen and oxygen atoms in total. The predicted octanol–water partition coefficient (Wildman–Crippen LogP) is 3.46. The van der Waals surface area contributed by atoms with Crippen molar-refractivity contribution in [3.63, 3.8) is 0 Å². The molecule has 2 aromatic carbocycles. The SMILES string of the molecule is COc1ccc(-n2nc(-c3ccccc3)c(O)c2C(C)=O)cc1. The smallest absolute Gasteiger partial charge is 0.182 e. The number of hydrogen-bond donors (Lipinski definition) is 1. The Morgan fingerprint density at radius 3 is 2.30 bits per heavy atom. The van der Waals surface area contributed by atoms with Crippen LogP contribution in [0.5, 0.6) is 11.5 Å². The second-order valence-corrected chi connectivity index (χ2v) is 5.08. The van der Waals surface area contributed by atoms with Crippen LogP contribution in [0.2, 0.25) is 0 Å². The van der Waals surface area contributed by atoms with E-state index in [4.69, 9.17) is 4.74 Å². The lowest BCUT2D eigenvalue weighted by Crippen LogP contribution is -2.06. The molecule has 116 valence electrons. The molecule has 0 saturated heterocycles. The molecule has 1 N–H and O–H groups in total. The number of methoxy groups -OCH3 is 1. The summed E-state index contributed by atoms with van der Waals surface area (Å²) in [6.45, 7) is 1.41. The number of hydrogen-bond acceptors (Lipinski definition) is 4. The van der Waals surface area contributed by atoms with E-state index in [2.05, 4.69) is 5.10 Å². The average molecular weight is 308 g/mol. The maximum Gasteiger partial charge on any atom is 0.182 e. The van der Waals surface area contributed by atoms with Gasteiger partial charge in [0, 0.05) is 12.5 Å². The van der Waals surface area contributed by atoms with Crippen molar-refractivity contribution in [1.29, 1.82) is 0 Å². The van der Waals surface area contributed by atoms with Crippen LogP contribution < -0.4 is 4.74 Å². The number of aromatic hydroxyl groups is 1. The van der Waals surface area contributed by atoms with E-state index >= 15 is 0 Å². The second-order valence-electron chi connectivity index (χ2n) is 5.08. The Labute approximate surface area is 133 Å². The van der Waals surface area contributed by atoms with Gasteiger partial charge in [-0.15, -0.1) is 0 Å². The fourth-order valence-electron chi connectivity index (χ4n) is 2.43. The minimum absolute atomic E-state index is 0.112. The van der Waals surface area contributed by atoms with Crippen LogP contribution in [0.25, 0.3) is 16.9 Å². The van der Waals surface area contributed by atoms with E-state index < -0.39 is 0 Å². The highest BCUT2D eigenvalue weighted by atomic mass is 16.5. The van der Waals surface area contributed by atoms with Gasteiger partial charge in [0.05, 0.1) is 12.8 Å². The molecule has 0 saturated carbocycles. The van der Waals surface area contributed by atoms with E-state index in [1.165, 1.54) is 11.6 Å². The van der Waals surface area contributed by atoms with Crippen molar-refractivity contribution < 1.29 is 14.6 Å². The molecule has 0 unspecified atom stereocenters. The van der Waals surface area contributed by atoms with E-state index in [0.29, 0.717) is 17.1 Å². The molecule has 0 aliphatic rings. The molecule has 5 heteroatoms. The first-order valence-corrected chi connectivity index (χ1v) is 7.14. The van der Waals surface area contributed by atoms with E-state index in [1.807, 2.05) is 30.3 Å². The summed E-state index contributed by atoms with van der Waals surface area (Å²) in [5.74, 6) is 0.338. The molecule has 23 heavy (non-hydrogen) atoms. The van der Waals surface area contributed by atoms with E-state index in [-0.39, 0.29) is 17.2 Å². The molecular formula is C18H16N2O3. The van der Waals surface area contributed by atoms with Gasteiger partial charge in [0.2, 0.25) is 0 Å². The largest absolute Gasteiger partial charge is 0.504 e. The molecule has 0 aliphatic carbocycles. The Bertz CT molecular complexity index is 837. The lowest BCUT2D eigenvalue weighted by atomic mass is 10.1. The first-order chi connectivity index (χ1) is 11.1. The van der Waals surface area contributed by atoms with Gasteiger partial charge >= 0.3 is 0 Å². The number of aromatic nitrogens is 2. The van der Waals surface area contributed by atoms with Crippen molar-refractivity contribution in [3.05, 3.63) is 60.3 Å². The molecule has 0 bridgehead atoms. The Balaban J connectivity index is 2.18. The third-order valence-corrected chi connectivity index (χ3v) is 3.56. The highest BCUT2D eigenvalue weighted by molar-refractivity contribution is 5.97. The number of ether oxygens (including phenoxy) is 1. The molecular weight excluding hydrogens is 292 g/mol. The standard InChI is InChI=1S/C18H16N2O3/c1-12(21)17-18(22)16(13-6-4-3-5-7-13)19-20(17)14-8-10-15(23-2)11-9-14/h3-11,22H,1-2H3. The highest BCUT2D eigenvalue weighted by Crippen LogP contribution is 2.33. The number of rotatable bonds is 4. The summed E-state index contributed by atoms with van der Waals surface area (Å²) >= 11 is 0. The molecule has 1 heterocycles. The predicted molar refractivity (Wildman–Crippen MR) is 87.2 cm³/mol. The Morgan fingerprint density at radius 1 is 1.09 bits per heavy atom. The van der Waals surface area contributed by atoms with Crippen molar-refractivity contribution in [2.75, 3.05) is 7.11 Å². The summed E-state index contributed by atoms with van der Waals surface area (Å²) < 4.78 is 6.59. The van der Waals surface area contributed by atoms with Crippen LogP contribution in [-0.4, -0.2) is 27.8 Å². The monoisotopic (exact) mass is 308 g/mol. The topological polar surface area (TPSA) is 64.3 Å². The summed E-state index contributed by atoms with van der Waals surface area (Å²) in [6.07, 6.45) is 0. The third-order valence-electron chi connectivity index (χ3n) is 3.56. The van der Waals surface area contributed by atoms with Crippen LogP contribution in [0.1, 0.15) is 17.4 Å². The zero-order valence-corrected chi connectivity index (χ0v) is 12.9. The van der Waals surface area contributed by atoms with Crippen LogP contribution >= 0.6 is 0 Å². The molecule has 1 aromatic heterocycles. The normalized spacial score (nSPS) is 10.5. The number of carbonyl (C=O) groups excluding carboxylic acids is 1. The summed E-state index contributed by atoms with van der Waals surface area (Å²) in [4.78, 5) is 12.0. The van der Waals surface area contributed by atoms with Crippen molar-refractivity contribution >= 4 is 5.78 Å². The van der Waals surface area contributed by atoms with E-state index in [9.17, 15) is 9.90 Å². The van der Waals surface area contributed by atoms with Crippen LogP contribution in [0, 0.1) is 0 Å². The number of ketones is 1. The maximum absolute atomic E-state index is 12.0. The fourth-order valence-corrected chi connectivity index (χ4v) is 2.43. The quantitative estimate of drug-likeness (QED) is 0.750. The average Bonchev–Trinajstić information content (AvgIpc) is 2.93. The molecule has 0 amide bonds. The first kappa shape index (κ1) is 14.8. The van der Waals surface area contributed by atoms with E-state index in [1.54, 1.807) is 31.4 Å². The van der Waals surface area contributed by atoms with Crippen LogP contribution in [-0.2, 0) is 0 Å². The lowest BCUT2D eigenvalue weighted by molar-refractivity contribution is 0.100. The summed E-state index contributed by atoms with van der Waals surface area (Å²) in [6, 6.07) is 16.4. The molecule has 0 aliphatic heterocycles. The van der Waals surface area contributed by atoms with E-state index in [0.717, 1.165) is 5.56 Å². The number of benzene rings is 2. The molecule has 0 fully saturated rings. The Kier molecular flexibility index (Phi) is 3.85. The summed E-state index contributed by atoms with van der Waals surface area (Å²) in [7, 11) is 1.59. The molecule has 3 aromatic rings. The summed E-state index contributed by atoms with van der Waals surface area (Å²) in [5.41, 5.74) is 1.97.